The van der Waals surface area contributed by atoms with Crippen LogP contribution >= 0.6 is 11.8 Å². The number of ether oxygens (including phenoxy) is 2. The molecule has 0 spiro atoms. The van der Waals surface area contributed by atoms with Gasteiger partial charge >= 0.3 is 5.97 Å². The van der Waals surface area contributed by atoms with Crippen molar-refractivity contribution in [2.24, 2.45) is 0 Å². The van der Waals surface area contributed by atoms with Gasteiger partial charge in [0.25, 0.3) is 0 Å². The van der Waals surface area contributed by atoms with Crippen LogP contribution in [0.5, 0.6) is 0 Å². The lowest BCUT2D eigenvalue weighted by Gasteiger charge is -2.36. The van der Waals surface area contributed by atoms with Crippen molar-refractivity contribution < 1.29 is 19.1 Å². The molecule has 1 saturated heterocycles. The molecule has 1 aliphatic heterocycles. The minimum atomic E-state index is -0.509. The fourth-order valence-corrected chi connectivity index (χ4v) is 3.77. The van der Waals surface area contributed by atoms with Crippen LogP contribution in [0, 0.1) is 0 Å². The second-order valence-electron chi connectivity index (χ2n) is 5.78. The van der Waals surface area contributed by atoms with Gasteiger partial charge in [0.2, 0.25) is 0 Å². The van der Waals surface area contributed by atoms with Gasteiger partial charge in [0.15, 0.2) is 5.12 Å². The molecule has 1 aromatic heterocycles. The molecule has 1 aromatic carbocycles. The first-order valence-electron chi connectivity index (χ1n) is 7.94. The Bertz CT molecular complexity index is 749. The Morgan fingerprint density at radius 1 is 1.24 bits per heavy atom. The Balaban J connectivity index is 1.86. The van der Waals surface area contributed by atoms with E-state index in [9.17, 15) is 9.59 Å². The lowest BCUT2D eigenvalue weighted by Crippen LogP contribution is -2.46. The number of carbonyl (C=O) groups excluding carboxylic acids is 2. The third kappa shape index (κ3) is 4.26. The van der Waals surface area contributed by atoms with Gasteiger partial charge in [0.1, 0.15) is 17.8 Å². The lowest BCUT2D eigenvalue weighted by atomic mass is 10.1. The third-order valence-corrected chi connectivity index (χ3v) is 4.89. The summed E-state index contributed by atoms with van der Waals surface area (Å²) in [6, 6.07) is 9.36. The summed E-state index contributed by atoms with van der Waals surface area (Å²) in [5.74, 6) is -0.394. The number of rotatable bonds is 4. The molecule has 0 aliphatic carbocycles. The molecule has 7 nitrogen and oxygen atoms in total. The van der Waals surface area contributed by atoms with Gasteiger partial charge in [-0.05, 0) is 0 Å². The van der Waals surface area contributed by atoms with Gasteiger partial charge in [0.05, 0.1) is 24.7 Å². The summed E-state index contributed by atoms with van der Waals surface area (Å²) in [7, 11) is 0. The van der Waals surface area contributed by atoms with Crippen molar-refractivity contribution in [3.05, 3.63) is 36.5 Å². The quantitative estimate of drug-likeness (QED) is 0.771. The number of thioether (sulfide) groups is 1. The maximum absolute atomic E-state index is 11.5. The molecule has 0 amide bonds. The fraction of sp³-hybridized carbons (Fsp3) is 0.412. The third-order valence-electron chi connectivity index (χ3n) is 3.86. The molecule has 8 heteroatoms. The normalized spacial score (nSPS) is 23.2. The van der Waals surface area contributed by atoms with E-state index in [1.165, 1.54) is 13.8 Å². The summed E-state index contributed by atoms with van der Waals surface area (Å²) in [5, 5.41) is 8.07. The van der Waals surface area contributed by atoms with E-state index in [0.717, 1.165) is 23.0 Å². The highest BCUT2D eigenvalue weighted by Gasteiger charge is 2.39. The van der Waals surface area contributed by atoms with E-state index in [0.29, 0.717) is 13.2 Å². The predicted molar refractivity (Wildman–Crippen MR) is 92.9 cm³/mol. The summed E-state index contributed by atoms with van der Waals surface area (Å²) in [6.45, 7) is 3.53. The Morgan fingerprint density at radius 3 is 2.68 bits per heavy atom. The van der Waals surface area contributed by atoms with Crippen molar-refractivity contribution in [3.8, 4) is 11.3 Å². The van der Waals surface area contributed by atoms with Gasteiger partial charge < -0.3 is 9.47 Å². The molecule has 1 aliphatic rings. The number of hydrogen-bond acceptors (Lipinski definition) is 7. The SMILES string of the molecule is CC(=O)O[C@H]1[C@H](SC(C)=O)COC[C@@H]1n1cc(-c2ccccc2)nn1. The van der Waals surface area contributed by atoms with E-state index >= 15 is 0 Å². The summed E-state index contributed by atoms with van der Waals surface area (Å²) >= 11 is 1.12. The zero-order chi connectivity index (χ0) is 17.8. The molecule has 0 radical (unpaired) electrons. The second kappa shape index (κ2) is 7.79. The molecule has 2 heterocycles. The molecule has 0 saturated carbocycles. The van der Waals surface area contributed by atoms with Crippen LogP contribution in [-0.4, -0.2) is 50.6 Å². The molecule has 0 bridgehead atoms. The molecule has 1 fully saturated rings. The first-order chi connectivity index (χ1) is 12.0. The predicted octanol–water partition coefficient (Wildman–Crippen LogP) is 2.10. The average molecular weight is 361 g/mol. The van der Waals surface area contributed by atoms with Crippen LogP contribution in [0.3, 0.4) is 0 Å². The summed E-state index contributed by atoms with van der Waals surface area (Å²) in [4.78, 5) is 23.1. The molecule has 0 unspecified atom stereocenters. The highest BCUT2D eigenvalue weighted by atomic mass is 32.2. The van der Waals surface area contributed by atoms with Gasteiger partial charge in [-0.1, -0.05) is 47.3 Å². The summed E-state index contributed by atoms with van der Waals surface area (Å²) in [6.07, 6.45) is 1.30. The molecule has 132 valence electrons. The minimum absolute atomic E-state index is 0.0463. The van der Waals surface area contributed by atoms with E-state index in [1.807, 2.05) is 30.3 Å². The van der Waals surface area contributed by atoms with E-state index in [1.54, 1.807) is 10.9 Å². The summed E-state index contributed by atoms with van der Waals surface area (Å²) < 4.78 is 12.8. The van der Waals surface area contributed by atoms with E-state index in [-0.39, 0.29) is 16.4 Å². The molecule has 2 aromatic rings. The summed E-state index contributed by atoms with van der Waals surface area (Å²) in [5.41, 5.74) is 1.67. The van der Waals surface area contributed by atoms with Crippen LogP contribution in [0.1, 0.15) is 19.9 Å². The van der Waals surface area contributed by atoms with E-state index in [4.69, 9.17) is 9.47 Å². The van der Waals surface area contributed by atoms with Crippen molar-refractivity contribution in [3.63, 3.8) is 0 Å². The number of carbonyl (C=O) groups is 2. The topological polar surface area (TPSA) is 83.3 Å². The van der Waals surface area contributed by atoms with Crippen molar-refractivity contribution in [2.75, 3.05) is 13.2 Å². The largest absolute Gasteiger partial charge is 0.459 e. The van der Waals surface area contributed by atoms with Crippen molar-refractivity contribution in [2.45, 2.75) is 31.2 Å². The monoisotopic (exact) mass is 361 g/mol. The Labute approximate surface area is 149 Å². The zero-order valence-electron chi connectivity index (χ0n) is 14.0. The van der Waals surface area contributed by atoms with E-state index in [2.05, 4.69) is 10.3 Å². The number of aromatic nitrogens is 3. The molecule has 25 heavy (non-hydrogen) atoms. The van der Waals surface area contributed by atoms with Crippen LogP contribution in [0.15, 0.2) is 36.5 Å². The molecular formula is C17H19N3O4S. The van der Waals surface area contributed by atoms with Crippen LogP contribution in [0.2, 0.25) is 0 Å². The van der Waals surface area contributed by atoms with Gasteiger partial charge in [-0.2, -0.15) is 0 Å². The number of esters is 1. The van der Waals surface area contributed by atoms with Crippen molar-refractivity contribution in [1.82, 2.24) is 15.0 Å². The standard InChI is InChI=1S/C17H19N3O4S/c1-11(21)24-17-15(9-23-10-16(17)25-12(2)22)20-8-14(18-19-20)13-6-4-3-5-7-13/h3-8,15-17H,9-10H2,1-2H3/t15-,16+,17+/m0/s1. The molecule has 0 N–H and O–H groups in total. The minimum Gasteiger partial charge on any atom is -0.459 e. The molecule has 3 rings (SSSR count). The highest BCUT2D eigenvalue weighted by molar-refractivity contribution is 8.14. The Hall–Kier alpha value is -2.19. The molecule has 3 atom stereocenters. The lowest BCUT2D eigenvalue weighted by molar-refractivity contribution is -0.154. The maximum Gasteiger partial charge on any atom is 0.303 e. The maximum atomic E-state index is 11.5. The van der Waals surface area contributed by atoms with Crippen molar-refractivity contribution in [1.29, 1.82) is 0 Å². The molecular weight excluding hydrogens is 342 g/mol. The van der Waals surface area contributed by atoms with Crippen LogP contribution in [0.25, 0.3) is 11.3 Å². The fourth-order valence-electron chi connectivity index (χ4n) is 2.81. The van der Waals surface area contributed by atoms with Gasteiger partial charge in [-0.15, -0.1) is 5.10 Å². The van der Waals surface area contributed by atoms with Gasteiger partial charge in [-0.3, -0.25) is 9.59 Å². The highest BCUT2D eigenvalue weighted by Crippen LogP contribution is 2.31. The van der Waals surface area contributed by atoms with Crippen LogP contribution in [-0.2, 0) is 19.1 Å². The zero-order valence-corrected chi connectivity index (χ0v) is 14.8. The number of nitrogens with zero attached hydrogens (tertiary/aromatic N) is 3. The van der Waals surface area contributed by atoms with Crippen molar-refractivity contribution >= 4 is 22.8 Å². The van der Waals surface area contributed by atoms with Gasteiger partial charge in [-0.25, -0.2) is 4.68 Å². The number of benzene rings is 1. The smallest absolute Gasteiger partial charge is 0.303 e. The second-order valence-corrected chi connectivity index (χ2v) is 7.19. The first-order valence-corrected chi connectivity index (χ1v) is 8.82. The van der Waals surface area contributed by atoms with Crippen LogP contribution < -0.4 is 0 Å². The Kier molecular flexibility index (Phi) is 5.50. The average Bonchev–Trinajstić information content (AvgIpc) is 3.06. The van der Waals surface area contributed by atoms with Crippen LogP contribution in [0.4, 0.5) is 0 Å². The Morgan fingerprint density at radius 2 is 2.00 bits per heavy atom. The van der Waals surface area contributed by atoms with E-state index < -0.39 is 12.1 Å². The van der Waals surface area contributed by atoms with Gasteiger partial charge in [0, 0.05) is 19.4 Å². The number of hydrogen-bond donors (Lipinski definition) is 0. The first kappa shape index (κ1) is 17.6.